The number of carbonyl (C=O) groups excluding carboxylic acids is 1. The second-order valence-electron chi connectivity index (χ2n) is 5.27. The van der Waals surface area contributed by atoms with E-state index in [9.17, 15) is 4.79 Å². The van der Waals surface area contributed by atoms with E-state index in [4.69, 9.17) is 18.9 Å². The largest absolute Gasteiger partial charge is 0.497 e. The topological polar surface area (TPSA) is 66.0 Å². The third kappa shape index (κ3) is 3.53. The van der Waals surface area contributed by atoms with Gasteiger partial charge in [-0.1, -0.05) is 0 Å². The second-order valence-corrected chi connectivity index (χ2v) is 5.27. The van der Waals surface area contributed by atoms with Gasteiger partial charge in [0.15, 0.2) is 11.5 Å². The fourth-order valence-corrected chi connectivity index (χ4v) is 2.38. The molecular formula is C18H19NO5. The van der Waals surface area contributed by atoms with Gasteiger partial charge < -0.3 is 24.3 Å². The summed E-state index contributed by atoms with van der Waals surface area (Å²) in [5, 5.41) is 2.85. The van der Waals surface area contributed by atoms with E-state index < -0.39 is 0 Å². The van der Waals surface area contributed by atoms with Crippen molar-refractivity contribution in [1.82, 2.24) is 0 Å². The molecule has 0 unspecified atom stereocenters. The Kier molecular flexibility index (Phi) is 4.74. The Bertz CT molecular complexity index is 722. The van der Waals surface area contributed by atoms with E-state index >= 15 is 0 Å². The van der Waals surface area contributed by atoms with Gasteiger partial charge in [-0.15, -0.1) is 0 Å². The normalized spacial score (nSPS) is 12.9. The summed E-state index contributed by atoms with van der Waals surface area (Å²) in [5.74, 6) is 2.17. The Morgan fingerprint density at radius 3 is 2.29 bits per heavy atom. The molecule has 0 atom stereocenters. The molecule has 6 nitrogen and oxygen atoms in total. The number of carbonyl (C=O) groups is 1. The molecule has 1 heterocycles. The molecule has 1 N–H and O–H groups in total. The average Bonchev–Trinajstić information content (AvgIpc) is 2.86. The number of benzene rings is 2. The molecule has 2 aromatic rings. The van der Waals surface area contributed by atoms with Crippen LogP contribution in [0.1, 0.15) is 16.8 Å². The number of hydrogen-bond acceptors (Lipinski definition) is 5. The van der Waals surface area contributed by atoms with Crippen molar-refractivity contribution in [3.05, 3.63) is 42.0 Å². The highest BCUT2D eigenvalue weighted by Gasteiger charge is 2.14. The zero-order valence-corrected chi connectivity index (χ0v) is 13.6. The highest BCUT2D eigenvalue weighted by atomic mass is 16.5. The molecule has 0 spiro atoms. The van der Waals surface area contributed by atoms with Crippen LogP contribution in [0.5, 0.6) is 23.0 Å². The minimum atomic E-state index is -0.262. The third-order valence-electron chi connectivity index (χ3n) is 3.62. The molecule has 1 amide bonds. The molecule has 6 heteroatoms. The zero-order chi connectivity index (χ0) is 16.9. The lowest BCUT2D eigenvalue weighted by atomic mass is 10.1. The molecule has 126 valence electrons. The number of hydrogen-bond donors (Lipinski definition) is 1. The van der Waals surface area contributed by atoms with Crippen LogP contribution < -0.4 is 24.3 Å². The van der Waals surface area contributed by atoms with Gasteiger partial charge in [-0.25, -0.2) is 0 Å². The van der Waals surface area contributed by atoms with Gasteiger partial charge in [0.1, 0.15) is 11.5 Å². The van der Waals surface area contributed by atoms with Gasteiger partial charge >= 0.3 is 0 Å². The fourth-order valence-electron chi connectivity index (χ4n) is 2.38. The van der Waals surface area contributed by atoms with E-state index in [0.29, 0.717) is 47.5 Å². The molecule has 0 bridgehead atoms. The van der Waals surface area contributed by atoms with Gasteiger partial charge in [0, 0.05) is 29.8 Å². The highest BCUT2D eigenvalue weighted by Crippen LogP contribution is 2.32. The maximum Gasteiger partial charge on any atom is 0.255 e. The van der Waals surface area contributed by atoms with Gasteiger partial charge in [-0.3, -0.25) is 4.79 Å². The number of methoxy groups -OCH3 is 2. The van der Waals surface area contributed by atoms with Crippen LogP contribution in [0.2, 0.25) is 0 Å². The summed E-state index contributed by atoms with van der Waals surface area (Å²) in [6, 6.07) is 10.4. The van der Waals surface area contributed by atoms with E-state index in [-0.39, 0.29) is 5.91 Å². The molecule has 0 radical (unpaired) electrons. The highest BCUT2D eigenvalue weighted by molar-refractivity contribution is 6.05. The third-order valence-corrected chi connectivity index (χ3v) is 3.62. The first-order valence-electron chi connectivity index (χ1n) is 7.63. The first-order valence-corrected chi connectivity index (χ1v) is 7.63. The van der Waals surface area contributed by atoms with Crippen molar-refractivity contribution in [2.45, 2.75) is 6.42 Å². The maximum absolute atomic E-state index is 12.5. The molecule has 3 rings (SSSR count). The first-order chi connectivity index (χ1) is 11.7. The summed E-state index contributed by atoms with van der Waals surface area (Å²) in [6.45, 7) is 1.22. The number of anilines is 1. The second kappa shape index (κ2) is 7.12. The van der Waals surface area contributed by atoms with Crippen LogP contribution in [-0.4, -0.2) is 33.3 Å². The van der Waals surface area contributed by atoms with Crippen LogP contribution in [0.15, 0.2) is 36.4 Å². The molecule has 1 aliphatic rings. The summed E-state index contributed by atoms with van der Waals surface area (Å²) in [7, 11) is 3.08. The SMILES string of the molecule is COc1cc(OC)cc(C(=O)Nc2ccc3c(c2)OCCCO3)c1. The van der Waals surface area contributed by atoms with Crippen molar-refractivity contribution in [3.8, 4) is 23.0 Å². The molecule has 0 aliphatic carbocycles. The van der Waals surface area contributed by atoms with E-state index in [2.05, 4.69) is 5.32 Å². The standard InChI is InChI=1S/C18H19NO5/c1-21-14-8-12(9-15(11-14)22-2)18(20)19-13-4-5-16-17(10-13)24-7-3-6-23-16/h4-5,8-11H,3,6-7H2,1-2H3,(H,19,20). The molecule has 0 saturated carbocycles. The Morgan fingerprint density at radius 2 is 1.62 bits per heavy atom. The fraction of sp³-hybridized carbons (Fsp3) is 0.278. The number of nitrogens with one attached hydrogen (secondary N) is 1. The Morgan fingerprint density at radius 1 is 0.958 bits per heavy atom. The molecular weight excluding hydrogens is 310 g/mol. The molecule has 0 fully saturated rings. The van der Waals surface area contributed by atoms with Gasteiger partial charge in [0.25, 0.3) is 5.91 Å². The zero-order valence-electron chi connectivity index (χ0n) is 13.6. The molecule has 2 aromatic carbocycles. The number of rotatable bonds is 4. The van der Waals surface area contributed by atoms with Gasteiger partial charge in [0.2, 0.25) is 0 Å². The summed E-state index contributed by atoms with van der Waals surface area (Å²) in [6.07, 6.45) is 0.833. The summed E-state index contributed by atoms with van der Waals surface area (Å²) in [5.41, 5.74) is 1.07. The smallest absolute Gasteiger partial charge is 0.255 e. The van der Waals surface area contributed by atoms with Crippen molar-refractivity contribution in [2.24, 2.45) is 0 Å². The Balaban J connectivity index is 1.81. The minimum Gasteiger partial charge on any atom is -0.497 e. The lowest BCUT2D eigenvalue weighted by Gasteiger charge is -2.11. The summed E-state index contributed by atoms with van der Waals surface area (Å²) < 4.78 is 21.6. The van der Waals surface area contributed by atoms with Crippen LogP contribution in [-0.2, 0) is 0 Å². The summed E-state index contributed by atoms with van der Waals surface area (Å²) in [4.78, 5) is 12.5. The predicted octanol–water partition coefficient (Wildman–Crippen LogP) is 3.12. The Labute approximate surface area is 140 Å². The van der Waals surface area contributed by atoms with Crippen molar-refractivity contribution in [1.29, 1.82) is 0 Å². The number of fused-ring (bicyclic) bond motifs is 1. The number of amides is 1. The predicted molar refractivity (Wildman–Crippen MR) is 89.5 cm³/mol. The van der Waals surface area contributed by atoms with Crippen LogP contribution in [0.4, 0.5) is 5.69 Å². The maximum atomic E-state index is 12.5. The van der Waals surface area contributed by atoms with E-state index in [0.717, 1.165) is 6.42 Å². The van der Waals surface area contributed by atoms with E-state index in [1.807, 2.05) is 0 Å². The van der Waals surface area contributed by atoms with Gasteiger partial charge in [0.05, 0.1) is 27.4 Å². The van der Waals surface area contributed by atoms with Crippen LogP contribution >= 0.6 is 0 Å². The van der Waals surface area contributed by atoms with Crippen molar-refractivity contribution in [2.75, 3.05) is 32.8 Å². The van der Waals surface area contributed by atoms with Crippen molar-refractivity contribution in [3.63, 3.8) is 0 Å². The van der Waals surface area contributed by atoms with Crippen molar-refractivity contribution >= 4 is 11.6 Å². The van der Waals surface area contributed by atoms with Gasteiger partial charge in [-0.05, 0) is 24.3 Å². The Hall–Kier alpha value is -2.89. The monoisotopic (exact) mass is 329 g/mol. The molecule has 0 aromatic heterocycles. The molecule has 24 heavy (non-hydrogen) atoms. The van der Waals surface area contributed by atoms with Crippen molar-refractivity contribution < 1.29 is 23.7 Å². The lowest BCUT2D eigenvalue weighted by Crippen LogP contribution is -2.12. The quantitative estimate of drug-likeness (QED) is 0.933. The molecule has 0 saturated heterocycles. The summed E-state index contributed by atoms with van der Waals surface area (Å²) >= 11 is 0. The van der Waals surface area contributed by atoms with Crippen LogP contribution in [0.3, 0.4) is 0 Å². The number of ether oxygens (including phenoxy) is 4. The van der Waals surface area contributed by atoms with Crippen LogP contribution in [0.25, 0.3) is 0 Å². The molecule has 1 aliphatic heterocycles. The first kappa shape index (κ1) is 16.0. The lowest BCUT2D eigenvalue weighted by molar-refractivity contribution is 0.102. The average molecular weight is 329 g/mol. The van der Waals surface area contributed by atoms with E-state index in [1.54, 1.807) is 50.6 Å². The van der Waals surface area contributed by atoms with Gasteiger partial charge in [-0.2, -0.15) is 0 Å². The van der Waals surface area contributed by atoms with E-state index in [1.165, 1.54) is 0 Å². The van der Waals surface area contributed by atoms with Crippen LogP contribution in [0, 0.1) is 0 Å². The minimum absolute atomic E-state index is 0.262.